The lowest BCUT2D eigenvalue weighted by atomic mass is 9.88. The molecule has 32 heavy (non-hydrogen) atoms. The first-order valence-corrected chi connectivity index (χ1v) is 10.8. The number of hydrogen-bond donors (Lipinski definition) is 0. The van der Waals surface area contributed by atoms with E-state index in [1.54, 1.807) is 31.4 Å². The van der Waals surface area contributed by atoms with Crippen LogP contribution in [0.2, 0.25) is 0 Å². The molecule has 0 radical (unpaired) electrons. The van der Waals surface area contributed by atoms with Crippen molar-refractivity contribution in [3.63, 3.8) is 0 Å². The molecule has 0 saturated carbocycles. The maximum absolute atomic E-state index is 13.4. The first kappa shape index (κ1) is 21.6. The number of anilines is 1. The van der Waals surface area contributed by atoms with Gasteiger partial charge in [0, 0.05) is 17.8 Å². The summed E-state index contributed by atoms with van der Waals surface area (Å²) in [6.45, 7) is 0.837. The standard InChI is InChI=1S/C27H27NO4/c1-31-22-14-12-21(13-15-22)26(29)23(27(30)32-2)18-25(19-8-4-3-5-9-19)28-17-16-20-10-6-7-11-24(20)28/h3-15,23,25H,16-18H2,1-2H3/t23?,25-/m1/s1. The van der Waals surface area contributed by atoms with Gasteiger partial charge in [-0.2, -0.15) is 0 Å². The first-order chi connectivity index (χ1) is 15.6. The molecule has 0 aliphatic carbocycles. The summed E-state index contributed by atoms with van der Waals surface area (Å²) in [5.41, 5.74) is 3.97. The van der Waals surface area contributed by atoms with Crippen molar-refractivity contribution >= 4 is 17.4 Å². The maximum atomic E-state index is 13.4. The number of carbonyl (C=O) groups excluding carboxylic acids is 2. The van der Waals surface area contributed by atoms with Crippen molar-refractivity contribution in [3.8, 4) is 5.75 Å². The minimum Gasteiger partial charge on any atom is -0.497 e. The zero-order chi connectivity index (χ0) is 22.5. The molecule has 0 aromatic heterocycles. The summed E-state index contributed by atoms with van der Waals surface area (Å²) >= 11 is 0. The molecule has 0 bridgehead atoms. The number of nitrogens with zero attached hydrogens (tertiary/aromatic N) is 1. The summed E-state index contributed by atoms with van der Waals surface area (Å²) in [7, 11) is 2.91. The molecule has 4 rings (SSSR count). The first-order valence-electron chi connectivity index (χ1n) is 10.8. The SMILES string of the molecule is COC(=O)C(C[C@H](c1ccccc1)N1CCc2ccccc21)C(=O)c1ccc(OC)cc1. The quantitative estimate of drug-likeness (QED) is 0.291. The predicted octanol–water partition coefficient (Wildman–Crippen LogP) is 4.86. The van der Waals surface area contributed by atoms with Crippen molar-refractivity contribution in [3.05, 3.63) is 95.6 Å². The summed E-state index contributed by atoms with van der Waals surface area (Å²) in [5, 5.41) is 0. The Labute approximate surface area is 188 Å². The number of fused-ring (bicyclic) bond motifs is 1. The highest BCUT2D eigenvalue weighted by atomic mass is 16.5. The van der Waals surface area contributed by atoms with Crippen LogP contribution in [0.1, 0.15) is 33.9 Å². The third-order valence-corrected chi connectivity index (χ3v) is 6.12. The molecule has 1 unspecified atom stereocenters. The van der Waals surface area contributed by atoms with Gasteiger partial charge < -0.3 is 14.4 Å². The van der Waals surface area contributed by atoms with E-state index >= 15 is 0 Å². The fourth-order valence-electron chi connectivity index (χ4n) is 4.44. The minimum atomic E-state index is -0.911. The number of para-hydroxylation sites is 1. The third-order valence-electron chi connectivity index (χ3n) is 6.12. The molecule has 0 spiro atoms. The molecule has 5 nitrogen and oxygen atoms in total. The topological polar surface area (TPSA) is 55.8 Å². The van der Waals surface area contributed by atoms with Crippen LogP contribution in [0.3, 0.4) is 0 Å². The number of Topliss-reactive ketones (excluding diaryl/α,β-unsaturated/α-hetero) is 1. The monoisotopic (exact) mass is 429 g/mol. The number of esters is 1. The molecule has 1 heterocycles. The van der Waals surface area contributed by atoms with E-state index in [4.69, 9.17) is 9.47 Å². The lowest BCUT2D eigenvalue weighted by molar-refractivity contribution is -0.144. The molecule has 3 aromatic carbocycles. The third kappa shape index (κ3) is 4.37. The number of carbonyl (C=O) groups is 2. The maximum Gasteiger partial charge on any atom is 0.316 e. The van der Waals surface area contributed by atoms with Crippen molar-refractivity contribution in [1.29, 1.82) is 0 Å². The fraction of sp³-hybridized carbons (Fsp3) is 0.259. The molecular formula is C27H27NO4. The van der Waals surface area contributed by atoms with Crippen LogP contribution in [-0.2, 0) is 16.0 Å². The summed E-state index contributed by atoms with van der Waals surface area (Å²) in [6, 6.07) is 25.1. The molecule has 2 atom stereocenters. The Morgan fingerprint density at radius 2 is 1.59 bits per heavy atom. The Morgan fingerprint density at radius 1 is 0.906 bits per heavy atom. The van der Waals surface area contributed by atoms with Gasteiger partial charge in [0.2, 0.25) is 0 Å². The van der Waals surface area contributed by atoms with Crippen LogP contribution >= 0.6 is 0 Å². The van der Waals surface area contributed by atoms with Gasteiger partial charge in [0.05, 0.1) is 20.3 Å². The Kier molecular flexibility index (Phi) is 6.55. The normalized spacial score (nSPS) is 14.4. The van der Waals surface area contributed by atoms with Gasteiger partial charge in [-0.3, -0.25) is 9.59 Å². The van der Waals surface area contributed by atoms with Gasteiger partial charge in [-0.25, -0.2) is 0 Å². The van der Waals surface area contributed by atoms with Crippen LogP contribution in [0.5, 0.6) is 5.75 Å². The molecule has 3 aromatic rings. The van der Waals surface area contributed by atoms with Crippen molar-refractivity contribution in [2.75, 3.05) is 25.7 Å². The largest absolute Gasteiger partial charge is 0.497 e. The number of rotatable bonds is 8. The number of methoxy groups -OCH3 is 2. The van der Waals surface area contributed by atoms with Crippen molar-refractivity contribution in [2.45, 2.75) is 18.9 Å². The van der Waals surface area contributed by atoms with E-state index in [0.717, 1.165) is 24.2 Å². The van der Waals surface area contributed by atoms with E-state index in [-0.39, 0.29) is 11.8 Å². The van der Waals surface area contributed by atoms with Gasteiger partial charge in [0.25, 0.3) is 0 Å². The summed E-state index contributed by atoms with van der Waals surface area (Å²) < 4.78 is 10.3. The van der Waals surface area contributed by atoms with E-state index < -0.39 is 11.9 Å². The molecule has 1 aliphatic heterocycles. The summed E-state index contributed by atoms with van der Waals surface area (Å²) in [4.78, 5) is 28.5. The Morgan fingerprint density at radius 3 is 2.28 bits per heavy atom. The molecule has 0 saturated heterocycles. The van der Waals surface area contributed by atoms with Gasteiger partial charge in [0.15, 0.2) is 5.78 Å². The van der Waals surface area contributed by atoms with Gasteiger partial charge in [0.1, 0.15) is 11.7 Å². The lowest BCUT2D eigenvalue weighted by Crippen LogP contribution is -2.34. The second-order valence-corrected chi connectivity index (χ2v) is 7.90. The van der Waals surface area contributed by atoms with Crippen LogP contribution in [-0.4, -0.2) is 32.5 Å². The van der Waals surface area contributed by atoms with Crippen LogP contribution in [0.4, 0.5) is 5.69 Å². The molecule has 0 amide bonds. The van der Waals surface area contributed by atoms with Crippen molar-refractivity contribution < 1.29 is 19.1 Å². The Bertz CT molecular complexity index is 1080. The van der Waals surface area contributed by atoms with Crippen LogP contribution in [0.25, 0.3) is 0 Å². The van der Waals surface area contributed by atoms with Gasteiger partial charge >= 0.3 is 5.97 Å². The van der Waals surface area contributed by atoms with Crippen LogP contribution < -0.4 is 9.64 Å². The highest BCUT2D eigenvalue weighted by Gasteiger charge is 2.36. The lowest BCUT2D eigenvalue weighted by Gasteiger charge is -2.32. The van der Waals surface area contributed by atoms with Crippen molar-refractivity contribution in [2.24, 2.45) is 5.92 Å². The van der Waals surface area contributed by atoms with E-state index in [2.05, 4.69) is 29.2 Å². The average molecular weight is 430 g/mol. The summed E-state index contributed by atoms with van der Waals surface area (Å²) in [6.07, 6.45) is 1.27. The van der Waals surface area contributed by atoms with E-state index in [1.165, 1.54) is 12.7 Å². The van der Waals surface area contributed by atoms with Crippen LogP contribution in [0.15, 0.2) is 78.9 Å². The highest BCUT2D eigenvalue weighted by molar-refractivity contribution is 6.08. The van der Waals surface area contributed by atoms with E-state index in [0.29, 0.717) is 17.7 Å². The van der Waals surface area contributed by atoms with Gasteiger partial charge in [-0.15, -0.1) is 0 Å². The van der Waals surface area contributed by atoms with Crippen molar-refractivity contribution in [1.82, 2.24) is 0 Å². The van der Waals surface area contributed by atoms with Gasteiger partial charge in [-0.1, -0.05) is 48.5 Å². The number of hydrogen-bond acceptors (Lipinski definition) is 5. The zero-order valence-corrected chi connectivity index (χ0v) is 18.4. The molecule has 0 fully saturated rings. The smallest absolute Gasteiger partial charge is 0.316 e. The minimum absolute atomic E-state index is 0.133. The highest BCUT2D eigenvalue weighted by Crippen LogP contribution is 2.39. The molecule has 164 valence electrons. The molecule has 0 N–H and O–H groups in total. The predicted molar refractivity (Wildman–Crippen MR) is 124 cm³/mol. The van der Waals surface area contributed by atoms with E-state index in [9.17, 15) is 9.59 Å². The zero-order valence-electron chi connectivity index (χ0n) is 18.4. The second-order valence-electron chi connectivity index (χ2n) is 7.90. The van der Waals surface area contributed by atoms with E-state index in [1.807, 2.05) is 30.3 Å². The number of ether oxygens (including phenoxy) is 2. The molecular weight excluding hydrogens is 402 g/mol. The Balaban J connectivity index is 1.69. The van der Waals surface area contributed by atoms with Gasteiger partial charge in [-0.05, 0) is 54.3 Å². The molecule has 1 aliphatic rings. The fourth-order valence-corrected chi connectivity index (χ4v) is 4.44. The summed E-state index contributed by atoms with van der Waals surface area (Å²) in [5.74, 6) is -1.01. The number of benzene rings is 3. The molecule has 5 heteroatoms. The van der Waals surface area contributed by atoms with Crippen LogP contribution in [0, 0.1) is 5.92 Å². The second kappa shape index (κ2) is 9.69. The Hall–Kier alpha value is -3.60. The average Bonchev–Trinajstić information content (AvgIpc) is 3.28. The number of ketones is 1.